The quantitative estimate of drug-likeness (QED) is 0.868. The first-order valence-electron chi connectivity index (χ1n) is 6.31. The predicted molar refractivity (Wildman–Crippen MR) is 77.7 cm³/mol. The summed E-state index contributed by atoms with van der Waals surface area (Å²) in [5.74, 6) is 0.576. The molecule has 1 aromatic carbocycles. The standard InChI is InChI=1S/C15H20N2O2/c1-11-6-7-12(9-13(11)17(2)3)16-10-14(18)15-5-4-8-19-15/h4-9,14,16,18H,10H2,1-3H3. The molecular weight excluding hydrogens is 240 g/mol. The van der Waals surface area contributed by atoms with Crippen molar-refractivity contribution < 1.29 is 9.52 Å². The van der Waals surface area contributed by atoms with E-state index in [-0.39, 0.29) is 0 Å². The second-order valence-corrected chi connectivity index (χ2v) is 4.81. The van der Waals surface area contributed by atoms with E-state index in [9.17, 15) is 5.11 Å². The molecule has 0 radical (unpaired) electrons. The summed E-state index contributed by atoms with van der Waals surface area (Å²) in [7, 11) is 4.04. The molecule has 0 aliphatic heterocycles. The van der Waals surface area contributed by atoms with Crippen molar-refractivity contribution in [1.82, 2.24) is 0 Å². The summed E-state index contributed by atoms with van der Waals surface area (Å²) in [5, 5.41) is 13.2. The number of aliphatic hydroxyl groups excluding tert-OH is 1. The van der Waals surface area contributed by atoms with Gasteiger partial charge in [0.2, 0.25) is 0 Å². The molecule has 2 rings (SSSR count). The van der Waals surface area contributed by atoms with Crippen LogP contribution < -0.4 is 10.2 Å². The third-order valence-electron chi connectivity index (χ3n) is 3.06. The van der Waals surface area contributed by atoms with Gasteiger partial charge in [-0.15, -0.1) is 0 Å². The van der Waals surface area contributed by atoms with Crippen LogP contribution in [0.15, 0.2) is 41.0 Å². The first-order chi connectivity index (χ1) is 9.08. The van der Waals surface area contributed by atoms with E-state index in [2.05, 4.69) is 29.3 Å². The average molecular weight is 260 g/mol. The molecule has 0 aliphatic rings. The molecule has 1 aromatic heterocycles. The number of nitrogens with one attached hydrogen (secondary N) is 1. The first-order valence-corrected chi connectivity index (χ1v) is 6.31. The van der Waals surface area contributed by atoms with Crippen molar-refractivity contribution in [2.45, 2.75) is 13.0 Å². The molecule has 4 nitrogen and oxygen atoms in total. The lowest BCUT2D eigenvalue weighted by molar-refractivity contribution is 0.162. The maximum Gasteiger partial charge on any atom is 0.134 e. The maximum atomic E-state index is 9.94. The fourth-order valence-electron chi connectivity index (χ4n) is 2.00. The summed E-state index contributed by atoms with van der Waals surface area (Å²) in [5.41, 5.74) is 3.37. The van der Waals surface area contributed by atoms with Crippen LogP contribution in [0, 0.1) is 6.92 Å². The van der Waals surface area contributed by atoms with Gasteiger partial charge in [0.25, 0.3) is 0 Å². The Morgan fingerprint density at radius 3 is 2.74 bits per heavy atom. The highest BCUT2D eigenvalue weighted by molar-refractivity contribution is 5.61. The summed E-state index contributed by atoms with van der Waals surface area (Å²) in [4.78, 5) is 2.07. The van der Waals surface area contributed by atoms with Crippen molar-refractivity contribution in [2.75, 3.05) is 30.9 Å². The van der Waals surface area contributed by atoms with Gasteiger partial charge in [-0.25, -0.2) is 0 Å². The van der Waals surface area contributed by atoms with Gasteiger partial charge in [-0.2, -0.15) is 0 Å². The van der Waals surface area contributed by atoms with Gasteiger partial charge in [0.05, 0.1) is 6.26 Å². The third kappa shape index (κ3) is 3.29. The van der Waals surface area contributed by atoms with Crippen LogP contribution >= 0.6 is 0 Å². The molecule has 1 unspecified atom stereocenters. The Bertz CT molecular complexity index is 521. The van der Waals surface area contributed by atoms with Crippen LogP contribution in [0.5, 0.6) is 0 Å². The van der Waals surface area contributed by atoms with Gasteiger partial charge < -0.3 is 19.7 Å². The van der Waals surface area contributed by atoms with Crippen LogP contribution in [0.4, 0.5) is 11.4 Å². The van der Waals surface area contributed by atoms with Crippen LogP contribution in [0.25, 0.3) is 0 Å². The Morgan fingerprint density at radius 1 is 1.32 bits per heavy atom. The molecule has 2 N–H and O–H groups in total. The van der Waals surface area contributed by atoms with Crippen molar-refractivity contribution in [3.05, 3.63) is 47.9 Å². The minimum Gasteiger partial charge on any atom is -0.467 e. The normalized spacial score (nSPS) is 12.2. The Balaban J connectivity index is 2.02. The molecule has 4 heteroatoms. The Labute approximate surface area is 113 Å². The topological polar surface area (TPSA) is 48.6 Å². The van der Waals surface area contributed by atoms with Crippen LogP contribution in [0.1, 0.15) is 17.4 Å². The van der Waals surface area contributed by atoms with E-state index in [1.165, 1.54) is 5.56 Å². The molecule has 0 spiro atoms. The lowest BCUT2D eigenvalue weighted by Crippen LogP contribution is -2.13. The Morgan fingerprint density at radius 2 is 2.11 bits per heavy atom. The summed E-state index contributed by atoms with van der Waals surface area (Å²) in [6.07, 6.45) is 0.924. The van der Waals surface area contributed by atoms with E-state index in [1.54, 1.807) is 18.4 Å². The molecule has 0 fully saturated rings. The van der Waals surface area contributed by atoms with Gasteiger partial charge in [0, 0.05) is 32.0 Å². The van der Waals surface area contributed by atoms with Gasteiger partial charge >= 0.3 is 0 Å². The fourth-order valence-corrected chi connectivity index (χ4v) is 2.00. The van der Waals surface area contributed by atoms with E-state index in [0.29, 0.717) is 12.3 Å². The number of hydrogen-bond acceptors (Lipinski definition) is 4. The zero-order valence-corrected chi connectivity index (χ0v) is 11.6. The smallest absolute Gasteiger partial charge is 0.134 e. The second-order valence-electron chi connectivity index (χ2n) is 4.81. The number of aliphatic hydroxyl groups is 1. The van der Waals surface area contributed by atoms with Crippen LogP contribution in [-0.4, -0.2) is 25.7 Å². The van der Waals surface area contributed by atoms with Crippen molar-refractivity contribution in [1.29, 1.82) is 0 Å². The van der Waals surface area contributed by atoms with Crippen LogP contribution in [-0.2, 0) is 0 Å². The number of anilines is 2. The SMILES string of the molecule is Cc1ccc(NCC(O)c2ccco2)cc1N(C)C. The zero-order valence-electron chi connectivity index (χ0n) is 11.6. The number of aryl methyl sites for hydroxylation is 1. The molecule has 1 heterocycles. The minimum atomic E-state index is -0.640. The molecule has 0 saturated carbocycles. The van der Waals surface area contributed by atoms with Crippen LogP contribution in [0.2, 0.25) is 0 Å². The number of benzene rings is 1. The van der Waals surface area contributed by atoms with E-state index in [4.69, 9.17) is 4.42 Å². The van der Waals surface area contributed by atoms with E-state index in [0.717, 1.165) is 11.4 Å². The maximum absolute atomic E-state index is 9.94. The van der Waals surface area contributed by atoms with Gasteiger partial charge in [-0.1, -0.05) is 6.07 Å². The number of furan rings is 1. The van der Waals surface area contributed by atoms with Crippen molar-refractivity contribution >= 4 is 11.4 Å². The van der Waals surface area contributed by atoms with E-state index in [1.807, 2.05) is 20.2 Å². The monoisotopic (exact) mass is 260 g/mol. The summed E-state index contributed by atoms with van der Waals surface area (Å²) >= 11 is 0. The molecule has 19 heavy (non-hydrogen) atoms. The lowest BCUT2D eigenvalue weighted by Gasteiger charge is -2.18. The molecule has 0 aliphatic carbocycles. The van der Waals surface area contributed by atoms with Gasteiger partial charge in [-0.05, 0) is 36.8 Å². The number of hydrogen-bond donors (Lipinski definition) is 2. The molecule has 1 atom stereocenters. The number of rotatable bonds is 5. The number of nitrogens with zero attached hydrogens (tertiary/aromatic N) is 1. The summed E-state index contributed by atoms with van der Waals surface area (Å²) in [6, 6.07) is 9.69. The van der Waals surface area contributed by atoms with Crippen molar-refractivity contribution in [3.63, 3.8) is 0 Å². The molecule has 102 valence electrons. The van der Waals surface area contributed by atoms with E-state index < -0.39 is 6.10 Å². The molecule has 0 amide bonds. The minimum absolute atomic E-state index is 0.420. The average Bonchev–Trinajstić information content (AvgIpc) is 2.91. The van der Waals surface area contributed by atoms with Gasteiger partial charge in [0.15, 0.2) is 0 Å². The fraction of sp³-hybridized carbons (Fsp3) is 0.333. The highest BCUT2D eigenvalue weighted by Gasteiger charge is 2.10. The van der Waals surface area contributed by atoms with E-state index >= 15 is 0 Å². The Kier molecular flexibility index (Phi) is 4.12. The largest absolute Gasteiger partial charge is 0.467 e. The zero-order chi connectivity index (χ0) is 13.8. The summed E-state index contributed by atoms with van der Waals surface area (Å²) in [6.45, 7) is 2.50. The summed E-state index contributed by atoms with van der Waals surface area (Å²) < 4.78 is 5.17. The van der Waals surface area contributed by atoms with Crippen molar-refractivity contribution in [2.24, 2.45) is 0 Å². The van der Waals surface area contributed by atoms with Gasteiger partial charge in [-0.3, -0.25) is 0 Å². The van der Waals surface area contributed by atoms with Gasteiger partial charge in [0.1, 0.15) is 11.9 Å². The lowest BCUT2D eigenvalue weighted by atomic mass is 10.1. The molecule has 0 saturated heterocycles. The molecule has 2 aromatic rings. The Hall–Kier alpha value is -1.94. The molecular formula is C15H20N2O2. The first kappa shape index (κ1) is 13.5. The highest BCUT2D eigenvalue weighted by Crippen LogP contribution is 2.23. The second kappa shape index (κ2) is 5.80. The third-order valence-corrected chi connectivity index (χ3v) is 3.06. The predicted octanol–water partition coefficient (Wildman–Crippen LogP) is 2.80. The van der Waals surface area contributed by atoms with Crippen molar-refractivity contribution in [3.8, 4) is 0 Å². The highest BCUT2D eigenvalue weighted by atomic mass is 16.4. The molecule has 0 bridgehead atoms. The van der Waals surface area contributed by atoms with Crippen LogP contribution in [0.3, 0.4) is 0 Å².